The molecule has 0 spiro atoms. The first-order chi connectivity index (χ1) is 8.76. The molecule has 3 rings (SSSR count). The second-order valence-corrected chi connectivity index (χ2v) is 5.18. The van der Waals surface area contributed by atoms with Crippen molar-refractivity contribution in [2.24, 2.45) is 0 Å². The summed E-state index contributed by atoms with van der Waals surface area (Å²) in [6.07, 6.45) is 0. The standard InChI is InChI=1S/C15H13BrO2/c1-17-12-7-8-14(16)13(9-12)15(10-18-15)11-5-3-2-4-6-11/h2-9H,10H2,1H3. The number of hydrogen-bond donors (Lipinski definition) is 0. The minimum absolute atomic E-state index is 0.311. The molecule has 1 fully saturated rings. The van der Waals surface area contributed by atoms with E-state index in [1.807, 2.05) is 36.4 Å². The van der Waals surface area contributed by atoms with Crippen LogP contribution in [0.15, 0.2) is 53.0 Å². The SMILES string of the molecule is COc1ccc(Br)c(C2(c3ccccc3)CO2)c1. The zero-order chi connectivity index (χ0) is 12.6. The Morgan fingerprint density at radius 3 is 2.50 bits per heavy atom. The first-order valence-electron chi connectivity index (χ1n) is 5.80. The lowest BCUT2D eigenvalue weighted by atomic mass is 9.92. The minimum Gasteiger partial charge on any atom is -0.497 e. The van der Waals surface area contributed by atoms with E-state index in [0.29, 0.717) is 6.61 Å². The molecule has 0 aliphatic carbocycles. The molecule has 1 aliphatic heterocycles. The fraction of sp³-hybridized carbons (Fsp3) is 0.200. The molecule has 1 heterocycles. The maximum Gasteiger partial charge on any atom is 0.143 e. The molecule has 2 nitrogen and oxygen atoms in total. The van der Waals surface area contributed by atoms with E-state index in [2.05, 4.69) is 28.1 Å². The Kier molecular flexibility index (Phi) is 2.88. The van der Waals surface area contributed by atoms with Gasteiger partial charge in [0.2, 0.25) is 0 Å². The van der Waals surface area contributed by atoms with Crippen molar-refractivity contribution >= 4 is 15.9 Å². The summed E-state index contributed by atoms with van der Waals surface area (Å²) >= 11 is 3.60. The van der Waals surface area contributed by atoms with Crippen molar-refractivity contribution in [1.29, 1.82) is 0 Å². The third-order valence-corrected chi connectivity index (χ3v) is 3.97. The summed E-state index contributed by atoms with van der Waals surface area (Å²) in [6.45, 7) is 0.711. The van der Waals surface area contributed by atoms with Crippen LogP contribution in [0.5, 0.6) is 5.75 Å². The monoisotopic (exact) mass is 304 g/mol. The van der Waals surface area contributed by atoms with E-state index < -0.39 is 0 Å². The van der Waals surface area contributed by atoms with Crippen molar-refractivity contribution in [3.63, 3.8) is 0 Å². The molecule has 2 aromatic rings. The molecule has 1 atom stereocenters. The number of halogens is 1. The molecule has 0 radical (unpaired) electrons. The molecule has 2 aromatic carbocycles. The summed E-state index contributed by atoms with van der Waals surface area (Å²) < 4.78 is 12.1. The normalized spacial score (nSPS) is 21.7. The first kappa shape index (κ1) is 11.8. The maximum atomic E-state index is 5.76. The Bertz CT molecular complexity index is 562. The van der Waals surface area contributed by atoms with E-state index in [9.17, 15) is 0 Å². The quantitative estimate of drug-likeness (QED) is 0.806. The number of methoxy groups -OCH3 is 1. The molecule has 0 amide bonds. The average molecular weight is 305 g/mol. The minimum atomic E-state index is -0.311. The fourth-order valence-electron chi connectivity index (χ4n) is 2.20. The Hall–Kier alpha value is -1.32. The van der Waals surface area contributed by atoms with Gasteiger partial charge in [0.15, 0.2) is 0 Å². The van der Waals surface area contributed by atoms with E-state index in [1.165, 1.54) is 5.56 Å². The Balaban J connectivity index is 2.10. The molecule has 0 aromatic heterocycles. The maximum absolute atomic E-state index is 5.76. The second-order valence-electron chi connectivity index (χ2n) is 4.33. The van der Waals surface area contributed by atoms with Gasteiger partial charge < -0.3 is 9.47 Å². The number of epoxide rings is 1. The largest absolute Gasteiger partial charge is 0.497 e. The van der Waals surface area contributed by atoms with Crippen molar-refractivity contribution in [2.75, 3.05) is 13.7 Å². The lowest BCUT2D eigenvalue weighted by molar-refractivity contribution is 0.346. The highest BCUT2D eigenvalue weighted by molar-refractivity contribution is 9.10. The van der Waals surface area contributed by atoms with Crippen LogP contribution in [-0.2, 0) is 10.3 Å². The highest BCUT2D eigenvalue weighted by Gasteiger charge is 2.49. The molecule has 1 unspecified atom stereocenters. The van der Waals surface area contributed by atoms with E-state index in [-0.39, 0.29) is 5.60 Å². The highest BCUT2D eigenvalue weighted by Crippen LogP contribution is 2.48. The number of ether oxygens (including phenoxy) is 2. The Morgan fingerprint density at radius 1 is 1.17 bits per heavy atom. The van der Waals surface area contributed by atoms with Crippen molar-refractivity contribution in [2.45, 2.75) is 5.60 Å². The van der Waals surface area contributed by atoms with Crippen LogP contribution in [0.3, 0.4) is 0 Å². The smallest absolute Gasteiger partial charge is 0.143 e. The van der Waals surface area contributed by atoms with Crippen LogP contribution in [0.4, 0.5) is 0 Å². The predicted molar refractivity (Wildman–Crippen MR) is 73.9 cm³/mol. The van der Waals surface area contributed by atoms with Crippen molar-refractivity contribution in [3.8, 4) is 5.75 Å². The summed E-state index contributed by atoms with van der Waals surface area (Å²) in [7, 11) is 1.68. The fourth-order valence-corrected chi connectivity index (χ4v) is 2.76. The van der Waals surface area contributed by atoms with Gasteiger partial charge in [0.05, 0.1) is 13.7 Å². The lowest BCUT2D eigenvalue weighted by Crippen LogP contribution is -2.11. The molecule has 0 N–H and O–H groups in total. The van der Waals surface area contributed by atoms with Crippen LogP contribution in [0, 0.1) is 0 Å². The van der Waals surface area contributed by atoms with E-state index >= 15 is 0 Å². The van der Waals surface area contributed by atoms with Gasteiger partial charge in [-0.3, -0.25) is 0 Å². The van der Waals surface area contributed by atoms with Crippen LogP contribution >= 0.6 is 15.9 Å². The Labute approximate surface area is 115 Å². The molecule has 1 saturated heterocycles. The summed E-state index contributed by atoms with van der Waals surface area (Å²) in [6, 6.07) is 16.2. The van der Waals surface area contributed by atoms with E-state index in [1.54, 1.807) is 7.11 Å². The topological polar surface area (TPSA) is 21.8 Å². The summed E-state index contributed by atoms with van der Waals surface area (Å²) in [4.78, 5) is 0. The first-order valence-corrected chi connectivity index (χ1v) is 6.59. The third-order valence-electron chi connectivity index (χ3n) is 3.28. The number of hydrogen-bond acceptors (Lipinski definition) is 2. The summed E-state index contributed by atoms with van der Waals surface area (Å²) in [5.74, 6) is 0.846. The molecular weight excluding hydrogens is 292 g/mol. The molecule has 18 heavy (non-hydrogen) atoms. The third kappa shape index (κ3) is 1.84. The number of rotatable bonds is 3. The Morgan fingerprint density at radius 2 is 1.89 bits per heavy atom. The zero-order valence-electron chi connectivity index (χ0n) is 10.0. The van der Waals surface area contributed by atoms with Gasteiger partial charge in [-0.25, -0.2) is 0 Å². The van der Waals surface area contributed by atoms with Gasteiger partial charge >= 0.3 is 0 Å². The van der Waals surface area contributed by atoms with Crippen LogP contribution in [0.1, 0.15) is 11.1 Å². The van der Waals surface area contributed by atoms with Gasteiger partial charge in [-0.1, -0.05) is 46.3 Å². The van der Waals surface area contributed by atoms with Gasteiger partial charge in [-0.15, -0.1) is 0 Å². The molecule has 0 saturated carbocycles. The van der Waals surface area contributed by atoms with Gasteiger partial charge in [0.25, 0.3) is 0 Å². The predicted octanol–water partition coefficient (Wildman–Crippen LogP) is 3.73. The number of benzene rings is 2. The average Bonchev–Trinajstić information content (AvgIpc) is 3.22. The van der Waals surface area contributed by atoms with Crippen LogP contribution in [0.2, 0.25) is 0 Å². The van der Waals surface area contributed by atoms with Gasteiger partial charge in [-0.2, -0.15) is 0 Å². The van der Waals surface area contributed by atoms with Crippen LogP contribution < -0.4 is 4.74 Å². The highest BCUT2D eigenvalue weighted by atomic mass is 79.9. The molecule has 0 bridgehead atoms. The van der Waals surface area contributed by atoms with Crippen molar-refractivity contribution in [1.82, 2.24) is 0 Å². The van der Waals surface area contributed by atoms with Crippen molar-refractivity contribution < 1.29 is 9.47 Å². The van der Waals surface area contributed by atoms with Gasteiger partial charge in [0.1, 0.15) is 11.4 Å². The van der Waals surface area contributed by atoms with Crippen LogP contribution in [0.25, 0.3) is 0 Å². The molecule has 92 valence electrons. The van der Waals surface area contributed by atoms with Crippen molar-refractivity contribution in [3.05, 3.63) is 64.1 Å². The summed E-state index contributed by atoms with van der Waals surface area (Å²) in [5.41, 5.74) is 1.99. The van der Waals surface area contributed by atoms with E-state index in [4.69, 9.17) is 9.47 Å². The zero-order valence-corrected chi connectivity index (χ0v) is 11.6. The van der Waals surface area contributed by atoms with Crippen LogP contribution in [-0.4, -0.2) is 13.7 Å². The molecule has 1 aliphatic rings. The second kappa shape index (κ2) is 4.41. The van der Waals surface area contributed by atoms with Gasteiger partial charge in [0, 0.05) is 10.0 Å². The molecule has 3 heteroatoms. The summed E-state index contributed by atoms with van der Waals surface area (Å²) in [5, 5.41) is 0. The van der Waals surface area contributed by atoms with Gasteiger partial charge in [-0.05, 0) is 23.8 Å². The lowest BCUT2D eigenvalue weighted by Gasteiger charge is -2.15. The van der Waals surface area contributed by atoms with E-state index in [0.717, 1.165) is 15.8 Å². The molecular formula is C15H13BrO2.